The van der Waals surface area contributed by atoms with Crippen molar-refractivity contribution in [1.29, 1.82) is 0 Å². The zero-order valence-electron chi connectivity index (χ0n) is 7.11. The van der Waals surface area contributed by atoms with Crippen LogP contribution in [0.1, 0.15) is 8.35 Å². The minimum absolute atomic E-state index is 0. The summed E-state index contributed by atoms with van der Waals surface area (Å²) in [5.41, 5.74) is 0. The largest absolute Gasteiger partial charge is 1.00 e. The van der Waals surface area contributed by atoms with Gasteiger partial charge in [-0.1, -0.05) is 6.58 Å². The predicted octanol–water partition coefficient (Wildman–Crippen LogP) is -2.87. The van der Waals surface area contributed by atoms with E-state index in [1.165, 1.54) is 0 Å². The molecular weight excluding hydrogens is 167 g/mol. The van der Waals surface area contributed by atoms with Crippen molar-refractivity contribution in [2.45, 2.75) is 6.92 Å². The monoisotopic (exact) mass is 178 g/mol. The molecule has 0 amide bonds. The summed E-state index contributed by atoms with van der Waals surface area (Å²) < 4.78 is 26.6. The van der Waals surface area contributed by atoms with Crippen LogP contribution in [0.3, 0.4) is 0 Å². The molecule has 6 heteroatoms. The molecule has 0 radical (unpaired) electrons. The van der Waals surface area contributed by atoms with Gasteiger partial charge < -0.3 is 6.53 Å². The molecule has 0 unspecified atom stereocenters. The Hall–Kier alpha value is 0.610. The van der Waals surface area contributed by atoms with E-state index in [0.29, 0.717) is 5.41 Å². The van der Waals surface area contributed by atoms with Gasteiger partial charge >= 0.3 is 29.6 Å². The molecule has 0 aliphatic rings. The Kier molecular flexibility index (Phi) is 16.3. The third-order valence-electron chi connectivity index (χ3n) is 0.211. The Morgan fingerprint density at radius 2 is 1.80 bits per heavy atom. The Balaban J connectivity index is -0.0000000437. The standard InChI is InChI=1S/C2H4O3S.C2H6O.Na.H/c1-2-6(3,4)5;1-2-3;;/h2H,1H2,(H,3,4,5);3H,2H2,1H3;;/q;;+1;-1. The summed E-state index contributed by atoms with van der Waals surface area (Å²) in [6, 6.07) is 0. The van der Waals surface area contributed by atoms with Crippen LogP contribution in [0.15, 0.2) is 12.0 Å². The zero-order chi connectivity index (χ0) is 7.91. The van der Waals surface area contributed by atoms with Crippen molar-refractivity contribution in [1.82, 2.24) is 0 Å². The van der Waals surface area contributed by atoms with E-state index in [1.807, 2.05) is 0 Å². The third-order valence-corrected chi connectivity index (χ3v) is 0.632. The van der Waals surface area contributed by atoms with Crippen molar-refractivity contribution in [3.8, 4) is 0 Å². The van der Waals surface area contributed by atoms with Gasteiger partial charge in [-0.2, -0.15) is 8.42 Å². The second-order valence-corrected chi connectivity index (χ2v) is 2.36. The smallest absolute Gasteiger partial charge is 1.00 e. The van der Waals surface area contributed by atoms with Gasteiger partial charge in [-0.05, 0) is 6.92 Å². The van der Waals surface area contributed by atoms with E-state index in [2.05, 4.69) is 6.58 Å². The first-order chi connectivity index (χ1) is 3.97. The topological polar surface area (TPSA) is 74.6 Å². The van der Waals surface area contributed by atoms with E-state index in [4.69, 9.17) is 9.66 Å². The Bertz CT molecular complexity index is 144. The van der Waals surface area contributed by atoms with Crippen molar-refractivity contribution in [3.05, 3.63) is 12.0 Å². The molecule has 0 aliphatic heterocycles. The van der Waals surface area contributed by atoms with E-state index >= 15 is 0 Å². The first-order valence-electron chi connectivity index (χ1n) is 2.18. The molecule has 0 atom stereocenters. The molecular formula is C4H11NaO4S. The van der Waals surface area contributed by atoms with Crippen LogP contribution in [0.4, 0.5) is 0 Å². The van der Waals surface area contributed by atoms with E-state index in [1.54, 1.807) is 6.92 Å². The van der Waals surface area contributed by atoms with E-state index in [0.717, 1.165) is 0 Å². The summed E-state index contributed by atoms with van der Waals surface area (Å²) in [6.07, 6.45) is 0. The quantitative estimate of drug-likeness (QED) is 0.334. The minimum Gasteiger partial charge on any atom is -1.00 e. The van der Waals surface area contributed by atoms with Gasteiger partial charge in [0, 0.05) is 6.61 Å². The Morgan fingerprint density at radius 1 is 1.70 bits per heavy atom. The minimum atomic E-state index is -3.90. The summed E-state index contributed by atoms with van der Waals surface area (Å²) in [5.74, 6) is 0. The van der Waals surface area contributed by atoms with Crippen LogP contribution in [-0.2, 0) is 10.1 Å². The molecule has 0 aromatic heterocycles. The second-order valence-electron chi connectivity index (χ2n) is 0.998. The van der Waals surface area contributed by atoms with Crippen LogP contribution in [0.5, 0.6) is 0 Å². The number of hydrogen-bond acceptors (Lipinski definition) is 3. The molecule has 0 bridgehead atoms. The average Bonchev–Trinajstić information content (AvgIpc) is 1.67. The molecule has 4 nitrogen and oxygen atoms in total. The van der Waals surface area contributed by atoms with Crippen molar-refractivity contribution in [2.75, 3.05) is 6.61 Å². The summed E-state index contributed by atoms with van der Waals surface area (Å²) in [4.78, 5) is 0. The van der Waals surface area contributed by atoms with Crippen LogP contribution < -0.4 is 29.6 Å². The van der Waals surface area contributed by atoms with Crippen LogP contribution in [0.25, 0.3) is 0 Å². The molecule has 0 aromatic rings. The molecule has 0 spiro atoms. The molecule has 0 rings (SSSR count). The average molecular weight is 178 g/mol. The summed E-state index contributed by atoms with van der Waals surface area (Å²) >= 11 is 0. The van der Waals surface area contributed by atoms with Gasteiger partial charge in [-0.25, -0.2) is 0 Å². The Labute approximate surface area is 84.5 Å². The molecule has 0 aromatic carbocycles. The maximum Gasteiger partial charge on any atom is 1.00 e. The van der Waals surface area contributed by atoms with E-state index in [-0.39, 0.29) is 37.6 Å². The van der Waals surface area contributed by atoms with Crippen molar-refractivity contribution in [3.63, 3.8) is 0 Å². The van der Waals surface area contributed by atoms with Gasteiger partial charge in [0.15, 0.2) is 0 Å². The molecule has 58 valence electrons. The number of aliphatic hydroxyl groups excluding tert-OH is 1. The summed E-state index contributed by atoms with van der Waals surface area (Å²) in [5, 5.41) is 8.03. The fourth-order valence-corrected chi connectivity index (χ4v) is 0. The van der Waals surface area contributed by atoms with Crippen LogP contribution >= 0.6 is 0 Å². The van der Waals surface area contributed by atoms with Crippen LogP contribution in [-0.4, -0.2) is 24.7 Å². The molecule has 10 heavy (non-hydrogen) atoms. The van der Waals surface area contributed by atoms with Crippen LogP contribution in [0.2, 0.25) is 0 Å². The maximum absolute atomic E-state index is 9.44. The number of rotatable bonds is 1. The van der Waals surface area contributed by atoms with Gasteiger partial charge in [0.2, 0.25) is 0 Å². The molecule has 0 aliphatic carbocycles. The van der Waals surface area contributed by atoms with Gasteiger partial charge in [0.05, 0.1) is 5.41 Å². The summed E-state index contributed by atoms with van der Waals surface area (Å²) in [6.45, 7) is 4.72. The number of aliphatic hydroxyl groups is 1. The zero-order valence-corrected chi connectivity index (χ0v) is 8.93. The normalized spacial score (nSPS) is 8.30. The molecule has 0 fully saturated rings. The Morgan fingerprint density at radius 3 is 1.80 bits per heavy atom. The van der Waals surface area contributed by atoms with Gasteiger partial charge in [-0.15, -0.1) is 0 Å². The molecule has 0 saturated carbocycles. The van der Waals surface area contributed by atoms with Crippen LogP contribution in [0, 0.1) is 0 Å². The fourth-order valence-electron chi connectivity index (χ4n) is 0. The second kappa shape index (κ2) is 9.61. The predicted molar refractivity (Wildman–Crippen MR) is 35.6 cm³/mol. The van der Waals surface area contributed by atoms with Gasteiger partial charge in [-0.3, -0.25) is 4.55 Å². The van der Waals surface area contributed by atoms with E-state index in [9.17, 15) is 8.42 Å². The van der Waals surface area contributed by atoms with Gasteiger partial charge in [0.1, 0.15) is 0 Å². The molecule has 0 saturated heterocycles. The first kappa shape index (κ1) is 16.9. The molecule has 0 heterocycles. The summed E-state index contributed by atoms with van der Waals surface area (Å²) in [7, 11) is -3.90. The number of hydrogen-bond donors (Lipinski definition) is 2. The first-order valence-corrected chi connectivity index (χ1v) is 3.69. The van der Waals surface area contributed by atoms with Crippen molar-refractivity contribution < 1.29 is 49.1 Å². The van der Waals surface area contributed by atoms with Crippen molar-refractivity contribution >= 4 is 10.1 Å². The third kappa shape index (κ3) is 38.3. The van der Waals surface area contributed by atoms with Gasteiger partial charge in [0.25, 0.3) is 10.1 Å². The molecule has 2 N–H and O–H groups in total. The SMILES string of the molecule is C=CS(=O)(=O)O.CCO.[H-].[Na+]. The maximum atomic E-state index is 9.44. The van der Waals surface area contributed by atoms with Crippen molar-refractivity contribution in [2.24, 2.45) is 0 Å². The fraction of sp³-hybridized carbons (Fsp3) is 0.500. The van der Waals surface area contributed by atoms with E-state index < -0.39 is 10.1 Å².